The fourth-order valence-electron chi connectivity index (χ4n) is 3.46. The lowest BCUT2D eigenvalue weighted by Crippen LogP contribution is -2.27. The molecule has 0 unspecified atom stereocenters. The summed E-state index contributed by atoms with van der Waals surface area (Å²) in [6, 6.07) is 9.45. The van der Waals surface area contributed by atoms with Gasteiger partial charge in [-0.1, -0.05) is 63.3 Å². The fraction of sp³-hybridized carbons (Fsp3) is 0.550. The van der Waals surface area contributed by atoms with Crippen LogP contribution in [0, 0.1) is 17.3 Å². The lowest BCUT2D eigenvalue weighted by Gasteiger charge is -2.28. The Morgan fingerprint density at radius 3 is 2.52 bits per heavy atom. The van der Waals surface area contributed by atoms with Gasteiger partial charge in [0.25, 0.3) is 0 Å². The second-order valence-corrected chi connectivity index (χ2v) is 7.11. The number of methoxy groups -OCH3 is 1. The van der Waals surface area contributed by atoms with Gasteiger partial charge in [0.1, 0.15) is 6.61 Å². The molecule has 1 aromatic carbocycles. The second-order valence-electron chi connectivity index (χ2n) is 7.11. The van der Waals surface area contributed by atoms with Gasteiger partial charge in [-0.3, -0.25) is 0 Å². The van der Waals surface area contributed by atoms with Gasteiger partial charge in [-0.15, -0.1) is 0 Å². The maximum Gasteiger partial charge on any atom is 0.339 e. The molecule has 0 aromatic heterocycles. The predicted molar refractivity (Wildman–Crippen MR) is 92.0 cm³/mol. The van der Waals surface area contributed by atoms with E-state index in [0.29, 0.717) is 18.4 Å². The average molecular weight is 316 g/mol. The van der Waals surface area contributed by atoms with Crippen molar-refractivity contribution < 1.29 is 14.3 Å². The van der Waals surface area contributed by atoms with Gasteiger partial charge in [-0.05, 0) is 30.2 Å². The Labute approximate surface area is 139 Å². The van der Waals surface area contributed by atoms with Gasteiger partial charge in [0.05, 0.1) is 0 Å². The third-order valence-electron chi connectivity index (χ3n) is 5.12. The van der Waals surface area contributed by atoms with Gasteiger partial charge in [0.2, 0.25) is 0 Å². The van der Waals surface area contributed by atoms with Crippen LogP contribution in [0.4, 0.5) is 0 Å². The van der Waals surface area contributed by atoms with Crippen molar-refractivity contribution in [2.24, 2.45) is 17.3 Å². The van der Waals surface area contributed by atoms with Crippen molar-refractivity contribution in [1.82, 2.24) is 0 Å². The van der Waals surface area contributed by atoms with Gasteiger partial charge in [-0.25, -0.2) is 4.79 Å². The molecule has 0 spiro atoms. The molecule has 1 aliphatic rings. The Morgan fingerprint density at radius 1 is 1.35 bits per heavy atom. The summed E-state index contributed by atoms with van der Waals surface area (Å²) in [4.78, 5) is 12.4. The zero-order valence-corrected chi connectivity index (χ0v) is 14.7. The molecule has 2 rings (SSSR count). The van der Waals surface area contributed by atoms with Crippen LogP contribution in [0.25, 0.3) is 0 Å². The number of esters is 1. The van der Waals surface area contributed by atoms with E-state index in [4.69, 9.17) is 9.47 Å². The normalized spacial score (nSPS) is 25.6. The summed E-state index contributed by atoms with van der Waals surface area (Å²) in [5.74, 6) is 0.767. The lowest BCUT2D eigenvalue weighted by molar-refractivity contribution is -0.158. The van der Waals surface area contributed by atoms with Crippen LogP contribution in [0.1, 0.15) is 45.3 Å². The van der Waals surface area contributed by atoms with Crippen molar-refractivity contribution in [1.29, 1.82) is 0 Å². The van der Waals surface area contributed by atoms with E-state index < -0.39 is 6.10 Å². The molecule has 0 N–H and O–H groups in total. The van der Waals surface area contributed by atoms with E-state index in [-0.39, 0.29) is 11.4 Å². The Balaban J connectivity index is 2.00. The molecule has 3 nitrogen and oxygen atoms in total. The van der Waals surface area contributed by atoms with Crippen LogP contribution in [0.3, 0.4) is 0 Å². The zero-order chi connectivity index (χ0) is 17.0. The van der Waals surface area contributed by atoms with E-state index in [1.165, 1.54) is 12.7 Å². The first kappa shape index (κ1) is 17.7. The molecular weight excluding hydrogens is 288 g/mol. The van der Waals surface area contributed by atoms with Crippen LogP contribution < -0.4 is 0 Å². The highest BCUT2D eigenvalue weighted by Gasteiger charge is 2.41. The van der Waals surface area contributed by atoms with Crippen LogP contribution in [0.5, 0.6) is 0 Å². The van der Waals surface area contributed by atoms with Gasteiger partial charge >= 0.3 is 5.97 Å². The SMILES string of the molecule is C=C1[C@@H](C(C)C)CC[C@]1(C)COC(=O)[C@@H](OC)c1ccccc1. The van der Waals surface area contributed by atoms with E-state index in [1.807, 2.05) is 30.3 Å². The molecule has 0 bridgehead atoms. The summed E-state index contributed by atoms with van der Waals surface area (Å²) in [5, 5.41) is 0. The van der Waals surface area contributed by atoms with Crippen LogP contribution in [-0.2, 0) is 14.3 Å². The summed E-state index contributed by atoms with van der Waals surface area (Å²) >= 11 is 0. The molecule has 1 saturated carbocycles. The first-order valence-corrected chi connectivity index (χ1v) is 8.32. The van der Waals surface area contributed by atoms with Crippen molar-refractivity contribution in [2.75, 3.05) is 13.7 Å². The quantitative estimate of drug-likeness (QED) is 0.571. The summed E-state index contributed by atoms with van der Waals surface area (Å²) in [7, 11) is 1.53. The molecule has 0 aliphatic heterocycles. The third kappa shape index (κ3) is 3.84. The maximum absolute atomic E-state index is 12.4. The number of rotatable bonds is 6. The Kier molecular flexibility index (Phi) is 5.64. The summed E-state index contributed by atoms with van der Waals surface area (Å²) in [6.45, 7) is 11.3. The molecule has 1 aliphatic carbocycles. The molecule has 126 valence electrons. The smallest absolute Gasteiger partial charge is 0.339 e. The first-order chi connectivity index (χ1) is 10.9. The largest absolute Gasteiger partial charge is 0.463 e. The van der Waals surface area contributed by atoms with E-state index in [1.54, 1.807) is 0 Å². The van der Waals surface area contributed by atoms with Crippen molar-refractivity contribution >= 4 is 5.97 Å². The summed E-state index contributed by atoms with van der Waals surface area (Å²) in [6.07, 6.45) is 1.47. The molecule has 0 radical (unpaired) electrons. The molecule has 0 heterocycles. The molecule has 23 heavy (non-hydrogen) atoms. The average Bonchev–Trinajstić information content (AvgIpc) is 2.83. The molecule has 1 fully saturated rings. The van der Waals surface area contributed by atoms with E-state index in [2.05, 4.69) is 27.4 Å². The minimum absolute atomic E-state index is 0.125. The predicted octanol–water partition coefficient (Wildman–Crippen LogP) is 4.55. The zero-order valence-electron chi connectivity index (χ0n) is 14.7. The highest BCUT2D eigenvalue weighted by atomic mass is 16.6. The Hall–Kier alpha value is -1.61. The number of carbonyl (C=O) groups excluding carboxylic acids is 1. The number of carbonyl (C=O) groups is 1. The summed E-state index contributed by atoms with van der Waals surface area (Å²) < 4.78 is 10.9. The Morgan fingerprint density at radius 2 is 2.00 bits per heavy atom. The van der Waals surface area contributed by atoms with Gasteiger partial charge < -0.3 is 9.47 Å². The molecule has 3 atom stereocenters. The lowest BCUT2D eigenvalue weighted by atomic mass is 9.81. The minimum atomic E-state index is -0.671. The van der Waals surface area contributed by atoms with Crippen LogP contribution in [0.15, 0.2) is 42.5 Å². The molecular formula is C20H28O3. The standard InChI is InChI=1S/C20H28O3/c1-14(2)17-11-12-20(4,15(17)3)13-23-19(21)18(22-5)16-9-7-6-8-10-16/h6-10,14,17-18H,3,11-13H2,1-2,4-5H3/t17-,18+,20-/m1/s1. The Bertz CT molecular complexity index is 549. The number of hydrogen-bond donors (Lipinski definition) is 0. The second kappa shape index (κ2) is 7.31. The van der Waals surface area contributed by atoms with Crippen molar-refractivity contribution in [3.8, 4) is 0 Å². The van der Waals surface area contributed by atoms with Crippen molar-refractivity contribution in [3.05, 3.63) is 48.0 Å². The number of hydrogen-bond acceptors (Lipinski definition) is 3. The van der Waals surface area contributed by atoms with Crippen molar-refractivity contribution in [2.45, 2.75) is 39.7 Å². The highest BCUT2D eigenvalue weighted by molar-refractivity contribution is 5.76. The van der Waals surface area contributed by atoms with Crippen LogP contribution in [-0.4, -0.2) is 19.7 Å². The van der Waals surface area contributed by atoms with Gasteiger partial charge in [0.15, 0.2) is 6.10 Å². The van der Waals surface area contributed by atoms with Crippen molar-refractivity contribution in [3.63, 3.8) is 0 Å². The van der Waals surface area contributed by atoms with Crippen LogP contribution >= 0.6 is 0 Å². The molecule has 0 amide bonds. The van der Waals surface area contributed by atoms with Crippen LogP contribution in [0.2, 0.25) is 0 Å². The first-order valence-electron chi connectivity index (χ1n) is 8.32. The topological polar surface area (TPSA) is 35.5 Å². The van der Waals surface area contributed by atoms with E-state index >= 15 is 0 Å². The molecule has 0 saturated heterocycles. The van der Waals surface area contributed by atoms with Gasteiger partial charge in [-0.2, -0.15) is 0 Å². The molecule has 3 heteroatoms. The van der Waals surface area contributed by atoms with E-state index in [0.717, 1.165) is 18.4 Å². The molecule has 1 aromatic rings. The minimum Gasteiger partial charge on any atom is -0.463 e. The monoisotopic (exact) mass is 316 g/mol. The number of benzene rings is 1. The fourth-order valence-corrected chi connectivity index (χ4v) is 3.46. The summed E-state index contributed by atoms with van der Waals surface area (Å²) in [5.41, 5.74) is 1.91. The third-order valence-corrected chi connectivity index (χ3v) is 5.12. The maximum atomic E-state index is 12.4. The number of ether oxygens (including phenoxy) is 2. The van der Waals surface area contributed by atoms with E-state index in [9.17, 15) is 4.79 Å². The van der Waals surface area contributed by atoms with Gasteiger partial charge in [0, 0.05) is 12.5 Å². The highest BCUT2D eigenvalue weighted by Crippen LogP contribution is 2.48.